The van der Waals surface area contributed by atoms with E-state index in [2.05, 4.69) is 20.8 Å². The fourth-order valence-corrected chi connectivity index (χ4v) is 5.83. The molecule has 2 fully saturated rings. The van der Waals surface area contributed by atoms with E-state index in [0.717, 1.165) is 6.08 Å². The number of carbonyl (C=O) groups excluding carboxylic acids is 3. The Morgan fingerprint density at radius 3 is 2.41 bits per heavy atom. The molecule has 13 nitrogen and oxygen atoms in total. The van der Waals surface area contributed by atoms with E-state index >= 15 is 0 Å². The van der Waals surface area contributed by atoms with Gasteiger partial charge in [-0.2, -0.15) is 0 Å². The normalized spacial score (nSPS) is 36.6. The van der Waals surface area contributed by atoms with Crippen molar-refractivity contribution in [2.45, 2.75) is 129 Å². The highest BCUT2D eigenvalue weighted by atomic mass is 16.7. The third kappa shape index (κ3) is 10.3. The summed E-state index contributed by atoms with van der Waals surface area (Å²) < 4.78 is 40.5. The lowest BCUT2D eigenvalue weighted by Gasteiger charge is -2.50. The lowest BCUT2D eigenvalue weighted by Crippen LogP contribution is -2.62. The monoisotopic (exact) mass is 656 g/mol. The topological polar surface area (TPSA) is 177 Å². The van der Waals surface area contributed by atoms with Gasteiger partial charge < -0.3 is 48.5 Å². The first kappa shape index (κ1) is 38.1. The van der Waals surface area contributed by atoms with Crippen molar-refractivity contribution in [2.75, 3.05) is 26.9 Å². The van der Waals surface area contributed by atoms with Gasteiger partial charge in [-0.3, -0.25) is 9.59 Å². The summed E-state index contributed by atoms with van der Waals surface area (Å²) in [6.45, 7) is 10.7. The summed E-state index contributed by atoms with van der Waals surface area (Å²) in [4.78, 5) is 37.4. The zero-order chi connectivity index (χ0) is 34.3. The smallest absolute Gasteiger partial charge is 0.330 e. The Morgan fingerprint density at radius 1 is 1.09 bits per heavy atom. The number of hydrogen-bond acceptors (Lipinski definition) is 13. The van der Waals surface area contributed by atoms with Gasteiger partial charge in [-0.1, -0.05) is 40.7 Å². The number of ether oxygens (including phenoxy) is 7. The summed E-state index contributed by atoms with van der Waals surface area (Å²) in [7, 11) is 1.19. The highest BCUT2D eigenvalue weighted by Crippen LogP contribution is 2.46. The molecule has 3 heterocycles. The number of fused-ring (bicyclic) bond motifs is 4. The van der Waals surface area contributed by atoms with Crippen LogP contribution in [0.15, 0.2) is 23.8 Å². The summed E-state index contributed by atoms with van der Waals surface area (Å²) in [5.41, 5.74) is -1.33. The first-order valence-electron chi connectivity index (χ1n) is 15.9. The van der Waals surface area contributed by atoms with Gasteiger partial charge in [0.1, 0.15) is 6.10 Å². The maximum atomic E-state index is 12.8. The first-order chi connectivity index (χ1) is 21.5. The number of aliphatic hydroxyl groups is 3. The largest absolute Gasteiger partial charge is 0.466 e. The molecule has 2 saturated heterocycles. The highest BCUT2D eigenvalue weighted by Gasteiger charge is 2.57. The number of cyclic esters (lactones) is 1. The minimum Gasteiger partial charge on any atom is -0.466 e. The lowest BCUT2D eigenvalue weighted by atomic mass is 9.74. The molecular weight excluding hydrogens is 604 g/mol. The van der Waals surface area contributed by atoms with Crippen molar-refractivity contribution in [1.29, 1.82) is 0 Å². The molecule has 0 aromatic rings. The summed E-state index contributed by atoms with van der Waals surface area (Å²) in [6.07, 6.45) is -0.226. The fourth-order valence-electron chi connectivity index (χ4n) is 5.83. The third-order valence-corrected chi connectivity index (χ3v) is 8.57. The third-order valence-electron chi connectivity index (χ3n) is 8.57. The number of aliphatic hydroxyl groups excluding tert-OH is 2. The second-order valence-electron chi connectivity index (χ2n) is 13.9. The second kappa shape index (κ2) is 16.1. The van der Waals surface area contributed by atoms with Crippen LogP contribution in [0.4, 0.5) is 0 Å². The Labute approximate surface area is 271 Å². The molecule has 3 rings (SSSR count). The molecule has 262 valence electrons. The predicted molar refractivity (Wildman–Crippen MR) is 163 cm³/mol. The van der Waals surface area contributed by atoms with Gasteiger partial charge in [-0.25, -0.2) is 4.79 Å². The molecule has 0 spiro atoms. The van der Waals surface area contributed by atoms with Crippen LogP contribution in [-0.4, -0.2) is 109 Å². The minimum atomic E-state index is -2.25. The quantitative estimate of drug-likeness (QED) is 0.175. The van der Waals surface area contributed by atoms with Gasteiger partial charge in [0.15, 0.2) is 12.4 Å². The maximum Gasteiger partial charge on any atom is 0.330 e. The summed E-state index contributed by atoms with van der Waals surface area (Å²) in [5.74, 6) is -4.44. The van der Waals surface area contributed by atoms with Crippen LogP contribution in [0, 0.1) is 10.8 Å². The van der Waals surface area contributed by atoms with Crippen LogP contribution in [0.2, 0.25) is 0 Å². The zero-order valence-corrected chi connectivity index (χ0v) is 28.1. The van der Waals surface area contributed by atoms with Crippen molar-refractivity contribution in [3.8, 4) is 0 Å². The Balaban J connectivity index is 2.05. The van der Waals surface area contributed by atoms with Crippen molar-refractivity contribution >= 4 is 17.9 Å². The number of hydrogen-bond donors (Lipinski definition) is 3. The number of rotatable bonds is 3. The Bertz CT molecular complexity index is 1110. The zero-order valence-electron chi connectivity index (χ0n) is 28.1. The van der Waals surface area contributed by atoms with Crippen LogP contribution >= 0.6 is 0 Å². The Kier molecular flexibility index (Phi) is 13.4. The predicted octanol–water partition coefficient (Wildman–Crippen LogP) is 2.48. The Morgan fingerprint density at radius 2 is 1.78 bits per heavy atom. The van der Waals surface area contributed by atoms with Crippen LogP contribution in [-0.2, 0) is 47.5 Å². The molecule has 3 N–H and O–H groups in total. The van der Waals surface area contributed by atoms with Crippen LogP contribution in [0.1, 0.15) is 80.1 Å². The van der Waals surface area contributed by atoms with E-state index in [0.29, 0.717) is 19.4 Å². The molecule has 8 atom stereocenters. The molecule has 0 aromatic carbocycles. The molecule has 13 heteroatoms. The SMILES string of the molecule is COC(=O)/C=C1\C[C@H]2C[C@H](CO)OC(=O)C[C@H](O)CCO[C@H](C(C)(C)C)C[C@@H]3CCO[C@H](/C=C/C(C)(C)[C@](O)(O2)[C@H]1OC(C)=O)O3. The number of methoxy groups -OCH3 is 1. The summed E-state index contributed by atoms with van der Waals surface area (Å²) >= 11 is 0. The molecule has 4 bridgehead atoms. The van der Waals surface area contributed by atoms with Crippen LogP contribution in [0.3, 0.4) is 0 Å². The van der Waals surface area contributed by atoms with Gasteiger partial charge in [0.2, 0.25) is 5.79 Å². The molecule has 3 aliphatic heterocycles. The van der Waals surface area contributed by atoms with Crippen molar-refractivity contribution in [3.05, 3.63) is 23.8 Å². The Hall–Kier alpha value is -2.39. The summed E-state index contributed by atoms with van der Waals surface area (Å²) in [6, 6.07) is 0. The number of carbonyl (C=O) groups is 3. The fraction of sp³-hybridized carbons (Fsp3) is 0.788. The first-order valence-corrected chi connectivity index (χ1v) is 15.9. The van der Waals surface area contributed by atoms with Gasteiger partial charge >= 0.3 is 17.9 Å². The van der Waals surface area contributed by atoms with E-state index in [-0.39, 0.29) is 55.5 Å². The molecule has 0 saturated carbocycles. The van der Waals surface area contributed by atoms with Crippen molar-refractivity contribution < 1.29 is 62.9 Å². The maximum absolute atomic E-state index is 12.8. The highest BCUT2D eigenvalue weighted by molar-refractivity contribution is 5.83. The summed E-state index contributed by atoms with van der Waals surface area (Å²) in [5, 5.41) is 33.0. The van der Waals surface area contributed by atoms with E-state index in [4.69, 9.17) is 33.2 Å². The molecule has 3 aliphatic rings. The van der Waals surface area contributed by atoms with Crippen molar-refractivity contribution in [3.63, 3.8) is 0 Å². The molecular formula is C33H52O13. The van der Waals surface area contributed by atoms with E-state index in [1.54, 1.807) is 26.0 Å². The van der Waals surface area contributed by atoms with Gasteiger partial charge in [0, 0.05) is 37.9 Å². The van der Waals surface area contributed by atoms with E-state index in [1.807, 2.05) is 0 Å². The number of esters is 3. The van der Waals surface area contributed by atoms with Gasteiger partial charge in [-0.15, -0.1) is 0 Å². The second-order valence-corrected chi connectivity index (χ2v) is 13.9. The van der Waals surface area contributed by atoms with Crippen LogP contribution < -0.4 is 0 Å². The van der Waals surface area contributed by atoms with E-state index in [1.165, 1.54) is 14.0 Å². The van der Waals surface area contributed by atoms with Gasteiger partial charge in [0.25, 0.3) is 0 Å². The van der Waals surface area contributed by atoms with Crippen molar-refractivity contribution in [1.82, 2.24) is 0 Å². The average Bonchev–Trinajstić information content (AvgIpc) is 2.96. The molecule has 0 amide bonds. The molecule has 0 aliphatic carbocycles. The minimum absolute atomic E-state index is 0.0192. The molecule has 0 unspecified atom stereocenters. The van der Waals surface area contributed by atoms with E-state index in [9.17, 15) is 29.7 Å². The molecule has 0 radical (unpaired) electrons. The van der Waals surface area contributed by atoms with Gasteiger partial charge in [-0.05, 0) is 36.3 Å². The lowest BCUT2D eigenvalue weighted by molar-refractivity contribution is -0.327. The molecule has 46 heavy (non-hydrogen) atoms. The van der Waals surface area contributed by atoms with E-state index < -0.39 is 66.4 Å². The molecule has 0 aromatic heterocycles. The standard InChI is InChI=1S/C33H52O13/c1-20(35)43-30-21(15-27(37)40-7)14-24-17-25(19-34)44-28(38)16-22(36)9-12-41-26(31(2,3)4)18-23-10-13-42-29(45-23)8-11-32(5,6)33(30,39)46-24/h8,11,15,22-26,29-30,34,36,39H,9-10,12-14,16-19H2,1-7H3/b11-8+,21-15+/t22-,23+,24+,25-,26+,29+,30+,33-/m1/s1. The van der Waals surface area contributed by atoms with Crippen molar-refractivity contribution in [2.24, 2.45) is 10.8 Å². The van der Waals surface area contributed by atoms with Crippen LogP contribution in [0.5, 0.6) is 0 Å². The average molecular weight is 657 g/mol. The van der Waals surface area contributed by atoms with Crippen LogP contribution in [0.25, 0.3) is 0 Å². The van der Waals surface area contributed by atoms with Gasteiger partial charge in [0.05, 0.1) is 51.2 Å².